The van der Waals surface area contributed by atoms with E-state index < -0.39 is 84.1 Å². The number of ketones is 1. The summed E-state index contributed by atoms with van der Waals surface area (Å²) in [5.74, 6) is -7.31. The second-order valence-electron chi connectivity index (χ2n) is 25.2. The Balaban J connectivity index is 1.36. The van der Waals surface area contributed by atoms with Crippen molar-refractivity contribution in [2.24, 2.45) is 40.5 Å². The molecule has 0 aromatic carbocycles. The highest BCUT2D eigenvalue weighted by Crippen LogP contribution is 2.38. The quantitative estimate of drug-likeness (QED) is 0.0481. The Labute approximate surface area is 513 Å². The average Bonchev–Trinajstić information content (AvgIpc) is 1.28. The van der Waals surface area contributed by atoms with Gasteiger partial charge in [0.2, 0.25) is 11.7 Å². The first-order valence-electron chi connectivity index (χ1n) is 31.8. The summed E-state index contributed by atoms with van der Waals surface area (Å²) in [6, 6.07) is -1.13. The fourth-order valence-corrected chi connectivity index (χ4v) is 12.7. The predicted octanol–water partition coefficient (Wildman–Crippen LogP) is 5.22. The van der Waals surface area contributed by atoms with Crippen molar-refractivity contribution >= 4 is 29.3 Å². The minimum atomic E-state index is -2.44. The lowest BCUT2D eigenvalue weighted by Crippen LogP contribution is -2.61. The minimum absolute atomic E-state index is 0.00275. The number of hydrogen-bond acceptors (Lipinski definition) is 19. The van der Waals surface area contributed by atoms with Gasteiger partial charge in [-0.15, -0.1) is 0 Å². The molecule has 0 unspecified atom stereocenters. The third-order valence-corrected chi connectivity index (χ3v) is 18.4. The Bertz CT molecular complexity index is 2240. The number of aliphatic hydroxyl groups is 4. The minimum Gasteiger partial charge on any atom is -0.460 e. The molecule has 86 heavy (non-hydrogen) atoms. The van der Waals surface area contributed by atoms with Gasteiger partial charge in [0.15, 0.2) is 0 Å². The van der Waals surface area contributed by atoms with E-state index in [0.29, 0.717) is 102 Å². The molecule has 1 aliphatic carbocycles. The highest BCUT2D eigenvalue weighted by atomic mass is 16.6. The van der Waals surface area contributed by atoms with Crippen LogP contribution in [0.25, 0.3) is 0 Å². The monoisotopic (exact) mass is 1220 g/mol. The lowest BCUT2D eigenvalue weighted by molar-refractivity contribution is -0.265. The summed E-state index contributed by atoms with van der Waals surface area (Å²) in [5.41, 5.74) is 1.91. The largest absolute Gasteiger partial charge is 0.460 e. The topological polar surface area (TPSA) is 257 Å². The number of piperidine rings is 1. The first-order valence-corrected chi connectivity index (χ1v) is 31.8. The number of cyclic esters (lactones) is 1. The summed E-state index contributed by atoms with van der Waals surface area (Å²) < 4.78 is 47.5. The molecule has 0 spiro atoms. The molecule has 4 aliphatic heterocycles. The molecular formula is C65H109N5O16. The molecule has 5 aliphatic rings. The van der Waals surface area contributed by atoms with Crippen LogP contribution >= 0.6 is 0 Å². The number of amides is 2. The number of carbonyl (C=O) groups excluding carboxylic acids is 4. The van der Waals surface area contributed by atoms with Crippen molar-refractivity contribution in [1.29, 1.82) is 0 Å². The molecule has 2 amide bonds. The number of carbonyl (C=O) groups is 4. The van der Waals surface area contributed by atoms with Gasteiger partial charge in [-0.05, 0) is 120 Å². The Morgan fingerprint density at radius 2 is 1.53 bits per heavy atom. The van der Waals surface area contributed by atoms with Gasteiger partial charge in [0, 0.05) is 97.5 Å². The van der Waals surface area contributed by atoms with E-state index in [2.05, 4.69) is 35.2 Å². The number of nitrogens with one attached hydrogen (secondary N) is 1. The zero-order valence-corrected chi connectivity index (χ0v) is 53.8. The van der Waals surface area contributed by atoms with Gasteiger partial charge < -0.3 is 73.4 Å². The van der Waals surface area contributed by atoms with Crippen LogP contribution in [0.5, 0.6) is 0 Å². The van der Waals surface area contributed by atoms with E-state index in [1.165, 1.54) is 12.0 Å². The van der Waals surface area contributed by atoms with Crippen LogP contribution in [-0.4, -0.2) is 239 Å². The number of hydrogen-bond donors (Lipinski definition) is 5. The lowest BCUT2D eigenvalue weighted by atomic mass is 9.78. The van der Waals surface area contributed by atoms with Gasteiger partial charge in [-0.1, -0.05) is 71.1 Å². The molecule has 4 heterocycles. The smallest absolute Gasteiger partial charge is 0.329 e. The van der Waals surface area contributed by atoms with Gasteiger partial charge in [0.1, 0.15) is 37.7 Å². The molecule has 3 saturated heterocycles. The number of aliphatic imine (C=N–C) groups is 1. The van der Waals surface area contributed by atoms with Crippen molar-refractivity contribution in [3.63, 3.8) is 0 Å². The van der Waals surface area contributed by atoms with Crippen molar-refractivity contribution in [2.75, 3.05) is 114 Å². The fourth-order valence-electron chi connectivity index (χ4n) is 12.7. The fraction of sp³-hybridized carbons (Fsp3) is 0.800. The standard InChI is InChI=1S/C65H109N5O16/c1-43-17-13-12-14-18-44(2)55(79-9)39-51-22-20-49(7)65(78,86-51)62(75)63(76)70-25-16-15-19-52(70)64(77)85-56(46(4)37-50-21-23-53(71)57(38-50)80-10)40-54(72)45(3)36-48(6)60(74)61(81-11)59(47(5)35-43)67-42-84-41-58(73)66-24-31-82-33-34-83-32-30-69-28-26-68(8)27-29-69/h12-14,17-18,36,43,45-47,49-57,60-61,71-72,74,78H,15-16,19-35,37-42H2,1-11H3,(H,66,73)/b14-12?,17-13+,44-18?,48-36+,67-59?/t43-,45-,46-,47-,49-,50+,51+,52+,53-,54-,55+,56+,57-,60-,61+,65-/m1/s1. The van der Waals surface area contributed by atoms with Crippen LogP contribution < -0.4 is 5.32 Å². The number of rotatable bonds is 19. The number of likely N-dealkylation sites (N-methyl/N-ethyl adjacent to an activating group) is 1. The molecule has 0 aromatic heterocycles. The summed E-state index contributed by atoms with van der Waals surface area (Å²) >= 11 is 0. The number of esters is 1. The van der Waals surface area contributed by atoms with E-state index in [-0.39, 0.29) is 68.4 Å². The normalized spacial score (nSPS) is 35.3. The number of piperazine rings is 1. The van der Waals surface area contributed by atoms with Gasteiger partial charge in [-0.25, -0.2) is 4.79 Å². The summed E-state index contributed by atoms with van der Waals surface area (Å²) in [4.78, 5) is 67.1. The van der Waals surface area contributed by atoms with E-state index in [1.54, 1.807) is 34.1 Å². The van der Waals surface area contributed by atoms with Crippen molar-refractivity contribution in [2.45, 2.75) is 186 Å². The van der Waals surface area contributed by atoms with E-state index in [9.17, 15) is 39.6 Å². The summed E-state index contributed by atoms with van der Waals surface area (Å²) in [5, 5.41) is 49.8. The number of allylic oxidation sites excluding steroid dienone is 5. The predicted molar refractivity (Wildman–Crippen MR) is 328 cm³/mol. The highest BCUT2D eigenvalue weighted by Gasteiger charge is 2.53. The molecule has 1 saturated carbocycles. The van der Waals surface area contributed by atoms with Crippen molar-refractivity contribution in [3.8, 4) is 0 Å². The van der Waals surface area contributed by atoms with Gasteiger partial charge in [-0.2, -0.15) is 0 Å². The maximum Gasteiger partial charge on any atom is 0.329 e. The van der Waals surface area contributed by atoms with Gasteiger partial charge in [0.25, 0.3) is 11.7 Å². The van der Waals surface area contributed by atoms with Crippen molar-refractivity contribution in [1.82, 2.24) is 20.0 Å². The van der Waals surface area contributed by atoms with Crippen LogP contribution in [-0.2, 0) is 57.1 Å². The van der Waals surface area contributed by atoms with Gasteiger partial charge in [0.05, 0.1) is 56.9 Å². The number of methoxy groups -OCH3 is 3. The zero-order valence-electron chi connectivity index (χ0n) is 53.8. The first kappa shape index (κ1) is 72.9. The molecule has 16 atom stereocenters. The Hall–Kier alpha value is -3.81. The van der Waals surface area contributed by atoms with Crippen molar-refractivity contribution < 1.29 is 77.5 Å². The third-order valence-electron chi connectivity index (χ3n) is 18.4. The molecule has 4 fully saturated rings. The van der Waals surface area contributed by atoms with Gasteiger partial charge >= 0.3 is 5.97 Å². The first-order chi connectivity index (χ1) is 41.1. The van der Waals surface area contributed by atoms with Crippen LogP contribution in [0.15, 0.2) is 52.6 Å². The van der Waals surface area contributed by atoms with Crippen LogP contribution in [0.3, 0.4) is 0 Å². The summed E-state index contributed by atoms with van der Waals surface area (Å²) in [6.07, 6.45) is 11.1. The number of aliphatic hydroxyl groups excluding tert-OH is 3. The highest BCUT2D eigenvalue weighted by molar-refractivity contribution is 6.39. The maximum absolute atomic E-state index is 14.6. The lowest BCUT2D eigenvalue weighted by Gasteiger charge is -2.43. The molecule has 5 N–H and O–H groups in total. The number of nitrogens with zero attached hydrogens (tertiary/aromatic N) is 4. The van der Waals surface area contributed by atoms with Crippen LogP contribution in [0, 0.1) is 35.5 Å². The number of ether oxygens (including phenoxy) is 8. The van der Waals surface area contributed by atoms with E-state index in [0.717, 1.165) is 44.7 Å². The molecule has 21 nitrogen and oxygen atoms in total. The average molecular weight is 1220 g/mol. The molecular weight excluding hydrogens is 1110 g/mol. The Morgan fingerprint density at radius 3 is 2.24 bits per heavy atom. The molecule has 490 valence electrons. The molecule has 0 radical (unpaired) electrons. The van der Waals surface area contributed by atoms with E-state index in [4.69, 9.17) is 42.9 Å². The second-order valence-corrected chi connectivity index (χ2v) is 25.2. The van der Waals surface area contributed by atoms with Crippen LogP contribution in [0.1, 0.15) is 126 Å². The second kappa shape index (κ2) is 37.4. The van der Waals surface area contributed by atoms with Crippen LogP contribution in [0.4, 0.5) is 0 Å². The summed E-state index contributed by atoms with van der Waals surface area (Å²) in [7, 11) is 6.81. The van der Waals surface area contributed by atoms with Gasteiger partial charge in [-0.3, -0.25) is 24.3 Å². The number of fused-ring (bicyclic) bond motifs is 3. The molecule has 2 bridgehead atoms. The summed E-state index contributed by atoms with van der Waals surface area (Å²) in [6.45, 7) is 20.2. The molecule has 21 heteroatoms. The van der Waals surface area contributed by atoms with Crippen molar-refractivity contribution in [3.05, 3.63) is 47.6 Å². The van der Waals surface area contributed by atoms with E-state index >= 15 is 0 Å². The zero-order chi connectivity index (χ0) is 62.9. The maximum atomic E-state index is 14.6. The number of Topliss-reactive ketones (excluding diaryl/α,β-unsaturated/α-hetero) is 1. The SMILES string of the molecule is CO[C@H]1C[C@@H]2CC[C@@H](C)[C@@](O)(O2)C(=O)C(=O)N2CCCC[C@H]2C(=O)O[C@H]([C@H](C)C[C@@H]2CC[C@@H](O)[C@H](OC)C2)C[C@@H](O)[C@H](C)/C=C(\C)[C@@H](O)[C@@H](OC)C(=NCOCC(=O)NCCOCCOCCN2CCN(C)CC2)[C@H](C)C[C@H](C)/C=C/C=CC=C1C. The Kier molecular flexibility index (Phi) is 31.7. The Morgan fingerprint density at radius 1 is 0.802 bits per heavy atom. The van der Waals surface area contributed by atoms with Crippen LogP contribution in [0.2, 0.25) is 0 Å². The molecule has 5 rings (SSSR count). The molecule has 0 aromatic rings. The van der Waals surface area contributed by atoms with E-state index in [1.807, 2.05) is 52.0 Å². The third kappa shape index (κ3) is 22.6.